The molecule has 2 N–H and O–H groups in total. The van der Waals surface area contributed by atoms with E-state index >= 15 is 0 Å². The fourth-order valence-corrected chi connectivity index (χ4v) is 6.24. The molecule has 0 radical (unpaired) electrons. The van der Waals surface area contributed by atoms with Gasteiger partial charge in [0.15, 0.2) is 5.65 Å². The summed E-state index contributed by atoms with van der Waals surface area (Å²) < 4.78 is 1.87. The van der Waals surface area contributed by atoms with Gasteiger partial charge >= 0.3 is 0 Å². The first-order valence-corrected chi connectivity index (χ1v) is 14.6. The Balaban J connectivity index is 1.37. The maximum atomic E-state index is 14.0. The Hall–Kier alpha value is -4.04. The number of nitrogens with one attached hydrogen (secondary N) is 2. The Labute approximate surface area is 232 Å². The summed E-state index contributed by atoms with van der Waals surface area (Å²) in [6, 6.07) is 20.1. The van der Waals surface area contributed by atoms with Gasteiger partial charge in [0, 0.05) is 29.7 Å². The molecular formula is C31H32N6OS. The van der Waals surface area contributed by atoms with Gasteiger partial charge < -0.3 is 10.6 Å². The molecule has 3 heterocycles. The summed E-state index contributed by atoms with van der Waals surface area (Å²) in [6.07, 6.45) is 9.38. The molecule has 1 amide bonds. The Bertz CT molecular complexity index is 1560. The summed E-state index contributed by atoms with van der Waals surface area (Å²) >= 11 is 1.56. The number of anilines is 1. The minimum atomic E-state index is -0.391. The minimum Gasteiger partial charge on any atom is -0.381 e. The second-order valence-corrected chi connectivity index (χ2v) is 10.9. The average Bonchev–Trinajstić information content (AvgIpc) is 3.65. The first-order valence-electron chi connectivity index (χ1n) is 13.7. The number of benzene rings is 2. The van der Waals surface area contributed by atoms with E-state index < -0.39 is 6.04 Å². The number of pyridine rings is 1. The molecule has 0 saturated heterocycles. The van der Waals surface area contributed by atoms with Crippen LogP contribution < -0.4 is 10.6 Å². The average molecular weight is 537 g/mol. The van der Waals surface area contributed by atoms with E-state index in [1.807, 2.05) is 66.3 Å². The van der Waals surface area contributed by atoms with E-state index in [0.717, 1.165) is 57.9 Å². The highest BCUT2D eigenvalue weighted by Crippen LogP contribution is 2.33. The molecule has 1 aliphatic rings. The molecule has 1 atom stereocenters. The topological polar surface area (TPSA) is 84.7 Å². The standard InChI is InChI=1S/C31H32N6OS/c1-2-37-29-24(19-33-37)28(34-23-16-10-5-11-17-23)25(18-32-29)30(38)36-27(22-14-8-4-9-15-22)31-35-26(20-39-31)21-12-6-3-7-13-21/h3-4,6-9,12-15,18-20,23,27H,2,5,10-11,16-17H2,1H3,(H,32,34)(H,36,38). The van der Waals surface area contributed by atoms with Crippen molar-refractivity contribution in [3.8, 4) is 11.3 Å². The van der Waals surface area contributed by atoms with Crippen molar-refractivity contribution in [1.82, 2.24) is 25.1 Å². The van der Waals surface area contributed by atoms with Gasteiger partial charge in [-0.25, -0.2) is 14.6 Å². The van der Waals surface area contributed by atoms with E-state index in [9.17, 15) is 4.79 Å². The van der Waals surface area contributed by atoms with Crippen molar-refractivity contribution in [1.29, 1.82) is 0 Å². The number of fused-ring (bicyclic) bond motifs is 1. The maximum Gasteiger partial charge on any atom is 0.255 e. The van der Waals surface area contributed by atoms with Crippen LogP contribution in [0.1, 0.15) is 66.0 Å². The fourth-order valence-electron chi connectivity index (χ4n) is 5.34. The van der Waals surface area contributed by atoms with Crippen LogP contribution in [0.15, 0.2) is 78.4 Å². The molecule has 1 fully saturated rings. The van der Waals surface area contributed by atoms with Crippen molar-refractivity contribution in [3.05, 3.63) is 94.6 Å². The molecular weight excluding hydrogens is 504 g/mol. The molecule has 1 aliphatic carbocycles. The smallest absolute Gasteiger partial charge is 0.255 e. The number of aryl methyl sites for hydroxylation is 1. The molecule has 5 aromatic rings. The zero-order chi connectivity index (χ0) is 26.6. The molecule has 2 aromatic carbocycles. The predicted molar refractivity (Wildman–Crippen MR) is 157 cm³/mol. The van der Waals surface area contributed by atoms with Gasteiger partial charge in [0.25, 0.3) is 5.91 Å². The predicted octanol–water partition coefficient (Wildman–Crippen LogP) is 6.84. The van der Waals surface area contributed by atoms with Crippen molar-refractivity contribution in [2.45, 2.75) is 57.7 Å². The van der Waals surface area contributed by atoms with Crippen LogP contribution in [0.2, 0.25) is 0 Å². The van der Waals surface area contributed by atoms with Crippen LogP contribution in [0.4, 0.5) is 5.69 Å². The van der Waals surface area contributed by atoms with Gasteiger partial charge in [-0.15, -0.1) is 11.3 Å². The number of carbonyl (C=O) groups is 1. The van der Waals surface area contributed by atoms with Crippen LogP contribution in [-0.2, 0) is 6.54 Å². The Morgan fingerprint density at radius 2 is 1.77 bits per heavy atom. The van der Waals surface area contributed by atoms with E-state index in [1.165, 1.54) is 19.3 Å². The van der Waals surface area contributed by atoms with Crippen LogP contribution in [0.25, 0.3) is 22.3 Å². The second-order valence-electron chi connectivity index (χ2n) is 9.98. The maximum absolute atomic E-state index is 14.0. The van der Waals surface area contributed by atoms with E-state index in [1.54, 1.807) is 17.5 Å². The van der Waals surface area contributed by atoms with E-state index in [2.05, 4.69) is 38.2 Å². The lowest BCUT2D eigenvalue weighted by Crippen LogP contribution is -2.31. The van der Waals surface area contributed by atoms with Crippen molar-refractivity contribution < 1.29 is 4.79 Å². The van der Waals surface area contributed by atoms with Gasteiger partial charge in [-0.1, -0.05) is 79.9 Å². The molecule has 1 unspecified atom stereocenters. The number of hydrogen-bond acceptors (Lipinski definition) is 6. The zero-order valence-electron chi connectivity index (χ0n) is 22.0. The molecule has 1 saturated carbocycles. The Morgan fingerprint density at radius 3 is 2.51 bits per heavy atom. The molecule has 0 bridgehead atoms. The number of carbonyl (C=O) groups excluding carboxylic acids is 1. The van der Waals surface area contributed by atoms with Crippen molar-refractivity contribution in [2.24, 2.45) is 0 Å². The third kappa shape index (κ3) is 5.29. The van der Waals surface area contributed by atoms with Gasteiger partial charge in [0.2, 0.25) is 0 Å². The molecule has 8 heteroatoms. The van der Waals surface area contributed by atoms with Gasteiger partial charge in [0.05, 0.1) is 28.5 Å². The first-order chi connectivity index (χ1) is 19.2. The molecule has 0 spiro atoms. The lowest BCUT2D eigenvalue weighted by molar-refractivity contribution is 0.0943. The number of amides is 1. The molecule has 6 rings (SSSR count). The summed E-state index contributed by atoms with van der Waals surface area (Å²) in [4.78, 5) is 23.6. The summed E-state index contributed by atoms with van der Waals surface area (Å²) in [6.45, 7) is 2.76. The summed E-state index contributed by atoms with van der Waals surface area (Å²) in [5.74, 6) is -0.183. The highest BCUT2D eigenvalue weighted by atomic mass is 32.1. The highest BCUT2D eigenvalue weighted by Gasteiger charge is 2.26. The molecule has 3 aromatic heterocycles. The number of aromatic nitrogens is 4. The number of nitrogens with zero attached hydrogens (tertiary/aromatic N) is 4. The second kappa shape index (κ2) is 11.4. The van der Waals surface area contributed by atoms with Gasteiger partial charge in [-0.2, -0.15) is 5.10 Å². The van der Waals surface area contributed by atoms with Crippen molar-refractivity contribution >= 4 is 34.0 Å². The third-order valence-electron chi connectivity index (χ3n) is 7.41. The summed E-state index contributed by atoms with van der Waals surface area (Å²) in [5.41, 5.74) is 5.08. The van der Waals surface area contributed by atoms with Crippen molar-refractivity contribution in [2.75, 3.05) is 5.32 Å². The zero-order valence-corrected chi connectivity index (χ0v) is 22.8. The minimum absolute atomic E-state index is 0.183. The summed E-state index contributed by atoms with van der Waals surface area (Å²) in [5, 5.41) is 15.3. The first kappa shape index (κ1) is 25.2. The van der Waals surface area contributed by atoms with Gasteiger partial charge in [0.1, 0.15) is 11.0 Å². The normalized spacial score (nSPS) is 14.8. The molecule has 198 valence electrons. The van der Waals surface area contributed by atoms with E-state index in [4.69, 9.17) is 4.98 Å². The third-order valence-corrected chi connectivity index (χ3v) is 8.32. The molecule has 39 heavy (non-hydrogen) atoms. The SMILES string of the molecule is CCn1ncc2c(NC3CCCCC3)c(C(=O)NC(c3ccccc3)c3nc(-c4ccccc4)cs3)cnc21. The van der Waals surface area contributed by atoms with E-state index in [-0.39, 0.29) is 5.91 Å². The quantitative estimate of drug-likeness (QED) is 0.227. The lowest BCUT2D eigenvalue weighted by Gasteiger charge is -2.26. The monoisotopic (exact) mass is 536 g/mol. The fraction of sp³-hybridized carbons (Fsp3) is 0.290. The van der Waals surface area contributed by atoms with Crippen molar-refractivity contribution in [3.63, 3.8) is 0 Å². The van der Waals surface area contributed by atoms with Crippen LogP contribution in [0.5, 0.6) is 0 Å². The number of thiazole rings is 1. The van der Waals surface area contributed by atoms with Crippen LogP contribution in [0, 0.1) is 0 Å². The Kier molecular flexibility index (Phi) is 7.36. The largest absolute Gasteiger partial charge is 0.381 e. The summed E-state index contributed by atoms with van der Waals surface area (Å²) in [7, 11) is 0. The van der Waals surface area contributed by atoms with Crippen LogP contribution >= 0.6 is 11.3 Å². The highest BCUT2D eigenvalue weighted by molar-refractivity contribution is 7.10. The Morgan fingerprint density at radius 1 is 1.03 bits per heavy atom. The van der Waals surface area contributed by atoms with E-state index in [0.29, 0.717) is 11.6 Å². The van der Waals surface area contributed by atoms with Crippen LogP contribution in [0.3, 0.4) is 0 Å². The number of rotatable bonds is 8. The van der Waals surface area contributed by atoms with Gasteiger partial charge in [-0.05, 0) is 25.3 Å². The molecule has 7 nitrogen and oxygen atoms in total. The van der Waals surface area contributed by atoms with Crippen LogP contribution in [-0.4, -0.2) is 31.7 Å². The molecule has 0 aliphatic heterocycles. The van der Waals surface area contributed by atoms with Gasteiger partial charge in [-0.3, -0.25) is 4.79 Å². The lowest BCUT2D eigenvalue weighted by atomic mass is 9.95. The number of hydrogen-bond donors (Lipinski definition) is 2.